The van der Waals surface area contributed by atoms with E-state index in [0.717, 1.165) is 54.2 Å². The molecule has 2 aromatic heterocycles. The molecule has 192 valence electrons. The summed E-state index contributed by atoms with van der Waals surface area (Å²) in [5.41, 5.74) is 8.70. The lowest BCUT2D eigenvalue weighted by atomic mass is 9.93. The van der Waals surface area contributed by atoms with Gasteiger partial charge < -0.3 is 5.11 Å². The van der Waals surface area contributed by atoms with E-state index in [1.165, 1.54) is 5.56 Å². The highest BCUT2D eigenvalue weighted by Crippen LogP contribution is 2.41. The van der Waals surface area contributed by atoms with Crippen LogP contribution >= 0.6 is 22.9 Å². The summed E-state index contributed by atoms with van der Waals surface area (Å²) in [6.45, 7) is 2.66. The Balaban J connectivity index is 1.40. The van der Waals surface area contributed by atoms with Crippen LogP contribution in [0.1, 0.15) is 16.7 Å². The van der Waals surface area contributed by atoms with Crippen molar-refractivity contribution in [1.29, 1.82) is 0 Å². The average Bonchev–Trinajstić information content (AvgIpc) is 3.57. The number of aromatic nitrogens is 3. The Bertz CT molecular complexity index is 1810. The van der Waals surface area contributed by atoms with Crippen molar-refractivity contribution in [2.75, 3.05) is 0 Å². The van der Waals surface area contributed by atoms with Crippen molar-refractivity contribution in [1.82, 2.24) is 14.8 Å². The fraction of sp³-hybridized carbons (Fsp3) is 0.0938. The first-order chi connectivity index (χ1) is 18.9. The fourth-order valence-corrected chi connectivity index (χ4v) is 6.12. The SMILES string of the molecule is Cc1cc2nc(-c3cccc(-c4cnn(Cc5ccccc5)c4)c3)sc2c(-c2ccc(Cl)cc2)c1CC(=O)O. The third kappa shape index (κ3) is 5.21. The third-order valence-electron chi connectivity index (χ3n) is 6.74. The van der Waals surface area contributed by atoms with E-state index >= 15 is 0 Å². The first kappa shape index (κ1) is 25.0. The molecule has 4 aromatic carbocycles. The fourth-order valence-electron chi connectivity index (χ4n) is 4.86. The van der Waals surface area contributed by atoms with Crippen molar-refractivity contribution in [2.45, 2.75) is 19.9 Å². The number of hydrogen-bond acceptors (Lipinski definition) is 4. The van der Waals surface area contributed by atoms with Gasteiger partial charge in [0.25, 0.3) is 0 Å². The van der Waals surface area contributed by atoms with E-state index in [-0.39, 0.29) is 6.42 Å². The molecule has 0 aliphatic carbocycles. The van der Waals surface area contributed by atoms with Crippen molar-refractivity contribution in [2.24, 2.45) is 0 Å². The number of aryl methyl sites for hydroxylation is 1. The van der Waals surface area contributed by atoms with Crippen molar-refractivity contribution in [3.63, 3.8) is 0 Å². The second-order valence-electron chi connectivity index (χ2n) is 9.48. The number of fused-ring (bicyclic) bond motifs is 1. The number of thiazole rings is 1. The van der Waals surface area contributed by atoms with Gasteiger partial charge >= 0.3 is 5.97 Å². The van der Waals surface area contributed by atoms with Crippen LogP contribution in [-0.4, -0.2) is 25.8 Å². The van der Waals surface area contributed by atoms with E-state index in [0.29, 0.717) is 11.6 Å². The Hall–Kier alpha value is -4.26. The van der Waals surface area contributed by atoms with E-state index in [1.807, 2.05) is 72.4 Å². The van der Waals surface area contributed by atoms with E-state index in [1.54, 1.807) is 11.3 Å². The molecule has 0 unspecified atom stereocenters. The monoisotopic (exact) mass is 549 g/mol. The third-order valence-corrected chi connectivity index (χ3v) is 8.13. The number of halogens is 1. The van der Waals surface area contributed by atoms with Gasteiger partial charge in [0.05, 0.1) is 29.4 Å². The van der Waals surface area contributed by atoms with Crippen LogP contribution in [0.2, 0.25) is 5.02 Å². The number of carbonyl (C=O) groups is 1. The van der Waals surface area contributed by atoms with Crippen LogP contribution in [0.3, 0.4) is 0 Å². The van der Waals surface area contributed by atoms with Gasteiger partial charge in [0.15, 0.2) is 0 Å². The second-order valence-corrected chi connectivity index (χ2v) is 10.9. The lowest BCUT2D eigenvalue weighted by Gasteiger charge is -2.13. The van der Waals surface area contributed by atoms with Crippen LogP contribution in [0.15, 0.2) is 97.3 Å². The molecule has 1 N–H and O–H groups in total. The molecule has 7 heteroatoms. The number of benzene rings is 4. The Kier molecular flexibility index (Phi) is 6.73. The maximum Gasteiger partial charge on any atom is 0.307 e. The zero-order valence-corrected chi connectivity index (χ0v) is 22.7. The van der Waals surface area contributed by atoms with Crippen molar-refractivity contribution >= 4 is 39.1 Å². The van der Waals surface area contributed by atoms with Crippen LogP contribution < -0.4 is 0 Å². The van der Waals surface area contributed by atoms with Gasteiger partial charge in [-0.3, -0.25) is 9.48 Å². The predicted octanol–water partition coefficient (Wildman–Crippen LogP) is 8.13. The Morgan fingerprint density at radius 3 is 2.46 bits per heavy atom. The summed E-state index contributed by atoms with van der Waals surface area (Å²) in [6.07, 6.45) is 3.89. The van der Waals surface area contributed by atoms with Crippen LogP contribution in [0.5, 0.6) is 0 Å². The molecule has 0 aliphatic rings. The van der Waals surface area contributed by atoms with Crippen molar-refractivity contribution in [3.8, 4) is 32.8 Å². The first-order valence-electron chi connectivity index (χ1n) is 12.5. The average molecular weight is 550 g/mol. The zero-order chi connectivity index (χ0) is 26.9. The molecule has 0 radical (unpaired) electrons. The highest BCUT2D eigenvalue weighted by atomic mass is 35.5. The molecule has 0 bridgehead atoms. The van der Waals surface area contributed by atoms with Gasteiger partial charge in [-0.25, -0.2) is 4.98 Å². The van der Waals surface area contributed by atoms with Crippen LogP contribution in [0.4, 0.5) is 0 Å². The summed E-state index contributed by atoms with van der Waals surface area (Å²) in [5, 5.41) is 15.7. The number of nitrogens with zero attached hydrogens (tertiary/aromatic N) is 3. The number of aliphatic carboxylic acids is 1. The lowest BCUT2D eigenvalue weighted by Crippen LogP contribution is -2.04. The summed E-state index contributed by atoms with van der Waals surface area (Å²) in [7, 11) is 0. The number of carboxylic acids is 1. The van der Waals surface area contributed by atoms with Gasteiger partial charge in [-0.05, 0) is 59.0 Å². The molecule has 5 nitrogen and oxygen atoms in total. The molecule has 0 amide bonds. The van der Waals surface area contributed by atoms with Crippen molar-refractivity contribution < 1.29 is 9.90 Å². The van der Waals surface area contributed by atoms with E-state index in [4.69, 9.17) is 16.6 Å². The minimum absolute atomic E-state index is 0.0601. The minimum atomic E-state index is -0.863. The molecule has 0 spiro atoms. The number of rotatable bonds is 7. The second kappa shape index (κ2) is 10.5. The molecule has 2 heterocycles. The molecular weight excluding hydrogens is 526 g/mol. The maximum atomic E-state index is 11.8. The number of hydrogen-bond donors (Lipinski definition) is 1. The largest absolute Gasteiger partial charge is 0.481 e. The van der Waals surface area contributed by atoms with Gasteiger partial charge in [0, 0.05) is 27.9 Å². The quantitative estimate of drug-likeness (QED) is 0.218. The van der Waals surface area contributed by atoms with E-state index < -0.39 is 5.97 Å². The minimum Gasteiger partial charge on any atom is -0.481 e. The Labute approximate surface area is 235 Å². The van der Waals surface area contributed by atoms with Crippen molar-refractivity contribution in [3.05, 3.63) is 119 Å². The van der Waals surface area contributed by atoms with Crippen LogP contribution in [-0.2, 0) is 17.8 Å². The molecule has 0 atom stereocenters. The van der Waals surface area contributed by atoms with Gasteiger partial charge in [-0.1, -0.05) is 72.3 Å². The molecule has 6 aromatic rings. The zero-order valence-electron chi connectivity index (χ0n) is 21.1. The summed E-state index contributed by atoms with van der Waals surface area (Å²) < 4.78 is 2.91. The molecule has 0 aliphatic heterocycles. The predicted molar refractivity (Wildman–Crippen MR) is 158 cm³/mol. The molecule has 39 heavy (non-hydrogen) atoms. The lowest BCUT2D eigenvalue weighted by molar-refractivity contribution is -0.136. The van der Waals surface area contributed by atoms with Gasteiger partial charge in [-0.2, -0.15) is 5.10 Å². The highest BCUT2D eigenvalue weighted by Gasteiger charge is 2.19. The van der Waals surface area contributed by atoms with Gasteiger partial charge in [-0.15, -0.1) is 11.3 Å². The van der Waals surface area contributed by atoms with Crippen LogP contribution in [0.25, 0.3) is 43.0 Å². The summed E-state index contributed by atoms with van der Waals surface area (Å²) in [5.74, 6) is -0.863. The topological polar surface area (TPSA) is 68.0 Å². The highest BCUT2D eigenvalue weighted by molar-refractivity contribution is 7.22. The maximum absolute atomic E-state index is 11.8. The molecule has 6 rings (SSSR count). The Morgan fingerprint density at radius 2 is 1.69 bits per heavy atom. The summed E-state index contributed by atoms with van der Waals surface area (Å²) in [4.78, 5) is 16.7. The van der Waals surface area contributed by atoms with E-state index in [9.17, 15) is 9.90 Å². The molecular formula is C32H24ClN3O2S. The van der Waals surface area contributed by atoms with Crippen LogP contribution in [0, 0.1) is 6.92 Å². The smallest absolute Gasteiger partial charge is 0.307 e. The normalized spacial score (nSPS) is 11.2. The van der Waals surface area contributed by atoms with Gasteiger partial charge in [0.1, 0.15) is 5.01 Å². The summed E-state index contributed by atoms with van der Waals surface area (Å²) >= 11 is 7.73. The van der Waals surface area contributed by atoms with Gasteiger partial charge in [0.2, 0.25) is 0 Å². The standard InChI is InChI=1S/C32H24ClN3O2S/c1-20-14-28-31(30(27(20)16-29(37)38)22-10-12-26(33)13-11-22)39-32(35-28)24-9-5-8-23(15-24)25-17-34-36(19-25)18-21-6-3-2-4-7-21/h2-15,17,19H,16,18H2,1H3,(H,37,38). The van der Waals surface area contributed by atoms with E-state index in [2.05, 4.69) is 41.6 Å². The Morgan fingerprint density at radius 1 is 0.923 bits per heavy atom. The molecule has 0 saturated carbocycles. The molecule has 0 saturated heterocycles. The summed E-state index contributed by atoms with van der Waals surface area (Å²) in [6, 6.07) is 28.1. The molecule has 0 fully saturated rings. The first-order valence-corrected chi connectivity index (χ1v) is 13.7. The number of carboxylic acid groups (broad SMARTS) is 1.